The fraction of sp³-hybridized carbons (Fsp3) is 0.480. The molecular formula is C25H34N2O6. The number of phenols is 2. The quantitative estimate of drug-likeness (QED) is 0.390. The molecule has 0 fully saturated rings. The Bertz CT molecular complexity index is 931. The number of nitrogens with zero attached hydrogens (tertiary/aromatic N) is 2. The number of carbonyl (C=O) groups excluding carboxylic acids is 2. The minimum atomic E-state index is -0.682. The van der Waals surface area contributed by atoms with E-state index in [9.17, 15) is 19.8 Å². The monoisotopic (exact) mass is 458 g/mol. The first kappa shape index (κ1) is 26.0. The molecule has 0 aromatic heterocycles. The second kappa shape index (κ2) is 12.7. The Labute approximate surface area is 195 Å². The van der Waals surface area contributed by atoms with Crippen molar-refractivity contribution in [2.45, 2.75) is 59.5 Å². The van der Waals surface area contributed by atoms with Crippen LogP contribution in [0, 0.1) is 0 Å². The summed E-state index contributed by atoms with van der Waals surface area (Å²) in [5, 5.41) is 24.6. The molecule has 2 N–H and O–H groups in total. The molecule has 0 spiro atoms. The van der Waals surface area contributed by atoms with Gasteiger partial charge in [-0.15, -0.1) is 0 Å². The maximum atomic E-state index is 12.8. The number of carbonyl (C=O) groups is 2. The Morgan fingerprint density at radius 2 is 1.97 bits per heavy atom. The van der Waals surface area contributed by atoms with Gasteiger partial charge < -0.3 is 24.7 Å². The Balaban J connectivity index is 2.41. The third-order valence-electron chi connectivity index (χ3n) is 5.31. The summed E-state index contributed by atoms with van der Waals surface area (Å²) in [6.07, 6.45) is 7.71. The van der Waals surface area contributed by atoms with Gasteiger partial charge in [0, 0.05) is 32.0 Å². The molecule has 180 valence electrons. The highest BCUT2D eigenvalue weighted by molar-refractivity contribution is 6.01. The summed E-state index contributed by atoms with van der Waals surface area (Å²) >= 11 is 0. The fourth-order valence-electron chi connectivity index (χ4n) is 3.55. The number of esters is 1. The lowest BCUT2D eigenvalue weighted by Crippen LogP contribution is -2.33. The number of amides is 1. The molecule has 0 bridgehead atoms. The van der Waals surface area contributed by atoms with E-state index in [1.807, 2.05) is 39.0 Å². The predicted molar refractivity (Wildman–Crippen MR) is 126 cm³/mol. The number of likely N-dealkylation sites (N-methyl/N-ethyl adjacent to an activating group) is 1. The molecule has 2 rings (SSSR count). The van der Waals surface area contributed by atoms with Crippen LogP contribution in [0.15, 0.2) is 41.1 Å². The van der Waals surface area contributed by atoms with Gasteiger partial charge in [0.25, 0.3) is 5.91 Å². The summed E-state index contributed by atoms with van der Waals surface area (Å²) in [7, 11) is 0. The number of rotatable bonds is 5. The molecule has 0 saturated carbocycles. The van der Waals surface area contributed by atoms with Crippen molar-refractivity contribution in [3.8, 4) is 11.5 Å². The van der Waals surface area contributed by atoms with Crippen LogP contribution in [0.1, 0.15) is 62.9 Å². The Morgan fingerprint density at radius 3 is 2.67 bits per heavy atom. The molecule has 0 saturated heterocycles. The van der Waals surface area contributed by atoms with Gasteiger partial charge in [0.2, 0.25) is 0 Å². The van der Waals surface area contributed by atoms with Gasteiger partial charge in [0.1, 0.15) is 23.2 Å². The van der Waals surface area contributed by atoms with Crippen molar-refractivity contribution >= 4 is 17.6 Å². The zero-order chi connectivity index (χ0) is 24.4. The number of cyclic esters (lactones) is 1. The second-order valence-electron chi connectivity index (χ2n) is 8.05. The maximum Gasteiger partial charge on any atom is 0.342 e. The van der Waals surface area contributed by atoms with E-state index in [1.54, 1.807) is 11.8 Å². The third kappa shape index (κ3) is 7.97. The zero-order valence-corrected chi connectivity index (χ0v) is 19.8. The largest absolute Gasteiger partial charge is 0.508 e. The topological polar surface area (TPSA) is 109 Å². The van der Waals surface area contributed by atoms with Crippen molar-refractivity contribution in [3.63, 3.8) is 0 Å². The molecule has 1 heterocycles. The number of oxime groups is 1. The van der Waals surface area contributed by atoms with Gasteiger partial charge in [0.15, 0.2) is 6.61 Å². The smallest absolute Gasteiger partial charge is 0.342 e. The normalized spacial score (nSPS) is 21.2. The fourth-order valence-corrected chi connectivity index (χ4v) is 3.55. The van der Waals surface area contributed by atoms with E-state index < -0.39 is 5.97 Å². The molecule has 0 radical (unpaired) electrons. The van der Waals surface area contributed by atoms with E-state index in [1.165, 1.54) is 6.07 Å². The molecule has 0 aliphatic carbocycles. The highest BCUT2D eigenvalue weighted by Crippen LogP contribution is 2.29. The van der Waals surface area contributed by atoms with Gasteiger partial charge >= 0.3 is 5.97 Å². The average Bonchev–Trinajstić information content (AvgIpc) is 2.73. The lowest BCUT2D eigenvalue weighted by atomic mass is 9.98. The molecular weight excluding hydrogens is 424 g/mol. The highest BCUT2D eigenvalue weighted by Gasteiger charge is 2.22. The van der Waals surface area contributed by atoms with Gasteiger partial charge in [-0.3, -0.25) is 4.79 Å². The van der Waals surface area contributed by atoms with E-state index in [2.05, 4.69) is 5.16 Å². The van der Waals surface area contributed by atoms with Gasteiger partial charge in [-0.2, -0.15) is 0 Å². The zero-order valence-electron chi connectivity index (χ0n) is 19.8. The van der Waals surface area contributed by atoms with Crippen LogP contribution in [-0.2, 0) is 20.8 Å². The molecule has 33 heavy (non-hydrogen) atoms. The number of allylic oxidation sites excluding steroid dienone is 3. The van der Waals surface area contributed by atoms with Crippen LogP contribution < -0.4 is 0 Å². The number of ether oxygens (including phenoxy) is 1. The van der Waals surface area contributed by atoms with Crippen molar-refractivity contribution in [3.05, 3.63) is 47.1 Å². The molecule has 1 aromatic carbocycles. The molecule has 1 aliphatic rings. The number of hydrogen-bond donors (Lipinski definition) is 2. The summed E-state index contributed by atoms with van der Waals surface area (Å²) in [6.45, 7) is 8.47. The van der Waals surface area contributed by atoms with Gasteiger partial charge in [-0.1, -0.05) is 22.9 Å². The number of fused-ring (bicyclic) bond motifs is 1. The molecule has 1 atom stereocenters. The number of phenolic OH excluding ortho intramolecular Hbond substituents is 2. The highest BCUT2D eigenvalue weighted by atomic mass is 16.6. The summed E-state index contributed by atoms with van der Waals surface area (Å²) < 4.78 is 5.49. The summed E-state index contributed by atoms with van der Waals surface area (Å²) in [5.74, 6) is -1.42. The first-order valence-electron chi connectivity index (χ1n) is 11.3. The molecule has 1 amide bonds. The standard InChI is InChI=1S/C25H34N2O6/c1-5-27(6-2)23(30)16-32-26-20-12-17(3)10-8-7-9-11-18(4)33-25(31)24-19(13-20)14-21(28)15-22(24)29/h7,9,12,14-15,18,28-29H,5-6,8,10-11,13,16H2,1-4H3/b9-7+,17-12+,26-20-/t18-/m1/s1. The van der Waals surface area contributed by atoms with E-state index >= 15 is 0 Å². The van der Waals surface area contributed by atoms with Crippen LogP contribution in [0.25, 0.3) is 0 Å². The van der Waals surface area contributed by atoms with E-state index in [-0.39, 0.29) is 42.1 Å². The summed E-state index contributed by atoms with van der Waals surface area (Å²) in [4.78, 5) is 32.0. The molecule has 1 aromatic rings. The van der Waals surface area contributed by atoms with Crippen LogP contribution in [0.2, 0.25) is 0 Å². The SMILES string of the molecule is CCN(CC)C(=O)CO/N=C1/C=C(\C)CC/C=C/C[C@@H](C)OC(=O)c2c(O)cc(O)cc2C1. The van der Waals surface area contributed by atoms with Crippen molar-refractivity contribution < 1.29 is 29.4 Å². The number of hydrogen-bond acceptors (Lipinski definition) is 7. The summed E-state index contributed by atoms with van der Waals surface area (Å²) in [6, 6.07) is 2.50. The van der Waals surface area contributed by atoms with Crippen LogP contribution in [0.4, 0.5) is 0 Å². The minimum absolute atomic E-state index is 0.0290. The minimum Gasteiger partial charge on any atom is -0.508 e. The van der Waals surface area contributed by atoms with E-state index in [0.29, 0.717) is 30.8 Å². The van der Waals surface area contributed by atoms with Crippen molar-refractivity contribution in [2.24, 2.45) is 5.16 Å². The Kier molecular flexibility index (Phi) is 9.97. The van der Waals surface area contributed by atoms with Crippen LogP contribution in [0.3, 0.4) is 0 Å². The third-order valence-corrected chi connectivity index (χ3v) is 5.31. The van der Waals surface area contributed by atoms with Gasteiger partial charge in [0.05, 0.1) is 5.71 Å². The lowest BCUT2D eigenvalue weighted by Gasteiger charge is -2.18. The lowest BCUT2D eigenvalue weighted by molar-refractivity contribution is -0.135. The summed E-state index contributed by atoms with van der Waals surface area (Å²) in [5.41, 5.74) is 1.81. The van der Waals surface area contributed by atoms with Gasteiger partial charge in [-0.25, -0.2) is 4.79 Å². The van der Waals surface area contributed by atoms with Crippen molar-refractivity contribution in [1.82, 2.24) is 4.90 Å². The number of aromatic hydroxyl groups is 2. The molecule has 0 unspecified atom stereocenters. The maximum absolute atomic E-state index is 12.8. The number of benzene rings is 1. The van der Waals surface area contributed by atoms with Gasteiger partial charge in [-0.05, 0) is 58.2 Å². The van der Waals surface area contributed by atoms with Crippen LogP contribution in [-0.4, -0.2) is 58.5 Å². The van der Waals surface area contributed by atoms with Crippen molar-refractivity contribution in [1.29, 1.82) is 0 Å². The van der Waals surface area contributed by atoms with E-state index in [4.69, 9.17) is 9.57 Å². The van der Waals surface area contributed by atoms with E-state index in [0.717, 1.165) is 24.5 Å². The van der Waals surface area contributed by atoms with Crippen molar-refractivity contribution in [2.75, 3.05) is 19.7 Å². The van der Waals surface area contributed by atoms with Crippen LogP contribution in [0.5, 0.6) is 11.5 Å². The molecule has 8 heteroatoms. The average molecular weight is 459 g/mol. The second-order valence-corrected chi connectivity index (χ2v) is 8.05. The molecule has 8 nitrogen and oxygen atoms in total. The first-order chi connectivity index (χ1) is 15.7. The predicted octanol–water partition coefficient (Wildman–Crippen LogP) is 4.11. The Morgan fingerprint density at radius 1 is 1.24 bits per heavy atom. The molecule has 1 aliphatic heterocycles. The van der Waals surface area contributed by atoms with Crippen LogP contribution >= 0.6 is 0 Å². The first-order valence-corrected chi connectivity index (χ1v) is 11.3. The Hall–Kier alpha value is -3.29.